The first-order chi connectivity index (χ1) is 8.00. The zero-order valence-corrected chi connectivity index (χ0v) is 10.5. The summed E-state index contributed by atoms with van der Waals surface area (Å²) >= 11 is 5.62. The van der Waals surface area contributed by atoms with E-state index in [-0.39, 0.29) is 23.2 Å². The Morgan fingerprint density at radius 1 is 1.41 bits per heavy atom. The number of carbonyl (C=O) groups excluding carboxylic acids is 2. The van der Waals surface area contributed by atoms with Gasteiger partial charge in [0.1, 0.15) is 0 Å². The van der Waals surface area contributed by atoms with Gasteiger partial charge in [-0.25, -0.2) is 0 Å². The van der Waals surface area contributed by atoms with Crippen molar-refractivity contribution in [2.45, 2.75) is 13.8 Å². The molecular formula is C11H15ClN2O3. The molecule has 94 valence electrons. The minimum Gasteiger partial charge on any atom is -0.452 e. The van der Waals surface area contributed by atoms with E-state index in [1.807, 2.05) is 13.8 Å². The lowest BCUT2D eigenvalue weighted by molar-refractivity contribution is -0.120. The van der Waals surface area contributed by atoms with Gasteiger partial charge in [-0.15, -0.1) is 0 Å². The van der Waals surface area contributed by atoms with Crippen molar-refractivity contribution in [2.75, 3.05) is 13.1 Å². The molecule has 6 heteroatoms. The number of rotatable bonds is 5. The molecule has 1 aromatic rings. The van der Waals surface area contributed by atoms with E-state index in [1.165, 1.54) is 12.3 Å². The SMILES string of the molecule is CC(C)CNC(=O)CNC(=O)c1ccoc1Cl. The third kappa shape index (κ3) is 4.48. The Kier molecular flexibility index (Phi) is 5.03. The average Bonchev–Trinajstić information content (AvgIpc) is 2.69. The Balaban J connectivity index is 2.34. The lowest BCUT2D eigenvalue weighted by Gasteiger charge is -2.08. The van der Waals surface area contributed by atoms with Crippen LogP contribution in [-0.4, -0.2) is 24.9 Å². The van der Waals surface area contributed by atoms with Crippen LogP contribution < -0.4 is 10.6 Å². The van der Waals surface area contributed by atoms with Crippen LogP contribution >= 0.6 is 11.6 Å². The topological polar surface area (TPSA) is 71.3 Å². The van der Waals surface area contributed by atoms with Gasteiger partial charge in [0.15, 0.2) is 0 Å². The highest BCUT2D eigenvalue weighted by Crippen LogP contribution is 2.15. The van der Waals surface area contributed by atoms with Crippen LogP contribution in [-0.2, 0) is 4.79 Å². The second-order valence-electron chi connectivity index (χ2n) is 3.99. The molecule has 0 spiro atoms. The normalized spacial score (nSPS) is 10.4. The smallest absolute Gasteiger partial charge is 0.256 e. The molecule has 0 unspecified atom stereocenters. The maximum absolute atomic E-state index is 11.5. The van der Waals surface area contributed by atoms with E-state index in [2.05, 4.69) is 10.6 Å². The second-order valence-corrected chi connectivity index (χ2v) is 4.33. The summed E-state index contributed by atoms with van der Waals surface area (Å²) in [6.45, 7) is 4.49. The fourth-order valence-electron chi connectivity index (χ4n) is 1.09. The first-order valence-corrected chi connectivity index (χ1v) is 5.66. The maximum atomic E-state index is 11.5. The van der Waals surface area contributed by atoms with Gasteiger partial charge in [-0.05, 0) is 23.6 Å². The molecule has 0 aliphatic heterocycles. The summed E-state index contributed by atoms with van der Waals surface area (Å²) < 4.78 is 4.78. The summed E-state index contributed by atoms with van der Waals surface area (Å²) in [6, 6.07) is 1.45. The zero-order chi connectivity index (χ0) is 12.8. The van der Waals surface area contributed by atoms with Crippen molar-refractivity contribution >= 4 is 23.4 Å². The third-order valence-electron chi connectivity index (χ3n) is 1.98. The van der Waals surface area contributed by atoms with Gasteiger partial charge in [-0.1, -0.05) is 13.8 Å². The van der Waals surface area contributed by atoms with Gasteiger partial charge in [0.25, 0.3) is 5.91 Å². The van der Waals surface area contributed by atoms with Gasteiger partial charge < -0.3 is 15.1 Å². The monoisotopic (exact) mass is 258 g/mol. The van der Waals surface area contributed by atoms with Gasteiger partial charge in [-0.2, -0.15) is 0 Å². The molecule has 1 aromatic heterocycles. The minimum atomic E-state index is -0.427. The first kappa shape index (κ1) is 13.6. The number of amides is 2. The number of carbonyl (C=O) groups is 2. The summed E-state index contributed by atoms with van der Waals surface area (Å²) in [5.74, 6) is -0.284. The molecule has 0 bridgehead atoms. The largest absolute Gasteiger partial charge is 0.452 e. The van der Waals surface area contributed by atoms with Crippen LogP contribution in [0.15, 0.2) is 16.7 Å². The van der Waals surface area contributed by atoms with Crippen LogP contribution in [0.5, 0.6) is 0 Å². The fourth-order valence-corrected chi connectivity index (χ4v) is 1.29. The predicted octanol–water partition coefficient (Wildman–Crippen LogP) is 1.43. The number of hydrogen-bond donors (Lipinski definition) is 2. The number of furan rings is 1. The van der Waals surface area contributed by atoms with Crippen LogP contribution in [0.4, 0.5) is 0 Å². The van der Waals surface area contributed by atoms with E-state index in [1.54, 1.807) is 0 Å². The summed E-state index contributed by atoms with van der Waals surface area (Å²) in [6.07, 6.45) is 1.32. The van der Waals surface area contributed by atoms with Gasteiger partial charge >= 0.3 is 0 Å². The second kappa shape index (κ2) is 6.30. The minimum absolute atomic E-state index is 0.0186. The van der Waals surface area contributed by atoms with Crippen LogP contribution in [0, 0.1) is 5.92 Å². The Bertz CT molecular complexity index is 401. The molecule has 0 atom stereocenters. The molecule has 1 rings (SSSR count). The highest BCUT2D eigenvalue weighted by molar-refractivity contribution is 6.32. The molecule has 0 fully saturated rings. The van der Waals surface area contributed by atoms with Crippen LogP contribution in [0.3, 0.4) is 0 Å². The Hall–Kier alpha value is -1.49. The Labute approximate surface area is 105 Å². The van der Waals surface area contributed by atoms with Gasteiger partial charge in [0, 0.05) is 6.54 Å². The average molecular weight is 259 g/mol. The van der Waals surface area contributed by atoms with Crippen LogP contribution in [0.25, 0.3) is 0 Å². The highest BCUT2D eigenvalue weighted by Gasteiger charge is 2.13. The van der Waals surface area contributed by atoms with Crippen molar-refractivity contribution < 1.29 is 14.0 Å². The number of halogens is 1. The molecule has 0 radical (unpaired) electrons. The quantitative estimate of drug-likeness (QED) is 0.839. The molecule has 5 nitrogen and oxygen atoms in total. The lowest BCUT2D eigenvalue weighted by atomic mass is 10.2. The molecule has 0 aliphatic carbocycles. The molecule has 2 amide bonds. The maximum Gasteiger partial charge on any atom is 0.256 e. The van der Waals surface area contributed by atoms with Crippen LogP contribution in [0.1, 0.15) is 24.2 Å². The van der Waals surface area contributed by atoms with Crippen molar-refractivity contribution in [1.29, 1.82) is 0 Å². The molecule has 0 aliphatic rings. The van der Waals surface area contributed by atoms with Gasteiger partial charge in [0.2, 0.25) is 11.1 Å². The fraction of sp³-hybridized carbons (Fsp3) is 0.455. The Morgan fingerprint density at radius 3 is 2.65 bits per heavy atom. The third-order valence-corrected chi connectivity index (χ3v) is 2.27. The summed E-state index contributed by atoms with van der Waals surface area (Å²) in [7, 11) is 0. The summed E-state index contributed by atoms with van der Waals surface area (Å²) in [5, 5.41) is 5.16. The molecule has 1 heterocycles. The van der Waals surface area contributed by atoms with Crippen molar-refractivity contribution in [3.63, 3.8) is 0 Å². The number of nitrogens with one attached hydrogen (secondary N) is 2. The van der Waals surface area contributed by atoms with Crippen molar-refractivity contribution in [3.05, 3.63) is 23.1 Å². The van der Waals surface area contributed by atoms with Crippen molar-refractivity contribution in [3.8, 4) is 0 Å². The first-order valence-electron chi connectivity index (χ1n) is 5.28. The molecular weight excluding hydrogens is 244 g/mol. The Morgan fingerprint density at radius 2 is 2.12 bits per heavy atom. The highest BCUT2D eigenvalue weighted by atomic mass is 35.5. The van der Waals surface area contributed by atoms with Crippen LogP contribution in [0.2, 0.25) is 5.22 Å². The molecule has 0 saturated heterocycles. The summed E-state index contributed by atoms with van der Waals surface area (Å²) in [5.41, 5.74) is 0.225. The molecule has 2 N–H and O–H groups in total. The van der Waals surface area contributed by atoms with E-state index in [0.29, 0.717) is 12.5 Å². The standard InChI is InChI=1S/C11H15ClN2O3/c1-7(2)5-13-9(15)6-14-11(16)8-3-4-17-10(8)12/h3-4,7H,5-6H2,1-2H3,(H,13,15)(H,14,16). The molecule has 0 aromatic carbocycles. The number of hydrogen-bond acceptors (Lipinski definition) is 3. The zero-order valence-electron chi connectivity index (χ0n) is 9.75. The summed E-state index contributed by atoms with van der Waals surface area (Å²) in [4.78, 5) is 22.9. The molecule has 17 heavy (non-hydrogen) atoms. The van der Waals surface area contributed by atoms with E-state index in [9.17, 15) is 9.59 Å². The lowest BCUT2D eigenvalue weighted by Crippen LogP contribution is -2.38. The van der Waals surface area contributed by atoms with E-state index in [0.717, 1.165) is 0 Å². The van der Waals surface area contributed by atoms with Crippen molar-refractivity contribution in [2.24, 2.45) is 5.92 Å². The van der Waals surface area contributed by atoms with Crippen molar-refractivity contribution in [1.82, 2.24) is 10.6 Å². The predicted molar refractivity (Wildman–Crippen MR) is 63.9 cm³/mol. The van der Waals surface area contributed by atoms with E-state index in [4.69, 9.17) is 16.0 Å². The van der Waals surface area contributed by atoms with E-state index < -0.39 is 5.91 Å². The van der Waals surface area contributed by atoms with Gasteiger partial charge in [-0.3, -0.25) is 9.59 Å². The molecule has 0 saturated carbocycles. The van der Waals surface area contributed by atoms with Gasteiger partial charge in [0.05, 0.1) is 18.4 Å². The van der Waals surface area contributed by atoms with E-state index >= 15 is 0 Å².